The van der Waals surface area contributed by atoms with Crippen LogP contribution in [0.25, 0.3) is 0 Å². The Bertz CT molecular complexity index is 1460. The van der Waals surface area contributed by atoms with E-state index in [4.69, 9.17) is 4.74 Å². The highest BCUT2D eigenvalue weighted by molar-refractivity contribution is 6.02. The van der Waals surface area contributed by atoms with Crippen molar-refractivity contribution in [3.63, 3.8) is 0 Å². The van der Waals surface area contributed by atoms with Crippen molar-refractivity contribution in [1.29, 1.82) is 0 Å². The van der Waals surface area contributed by atoms with Crippen LogP contribution in [0.5, 0.6) is 0 Å². The van der Waals surface area contributed by atoms with Gasteiger partial charge in [0.25, 0.3) is 11.8 Å². The number of ether oxygens (including phenoxy) is 1. The van der Waals surface area contributed by atoms with E-state index in [9.17, 15) is 24.0 Å². The zero-order chi connectivity index (χ0) is 32.1. The van der Waals surface area contributed by atoms with Gasteiger partial charge in [0.1, 0.15) is 5.60 Å². The first-order chi connectivity index (χ1) is 21.5. The number of aryl methyl sites for hydroxylation is 2. The maximum Gasteiger partial charge on any atom is 0.410 e. The Morgan fingerprint density at radius 1 is 0.644 bits per heavy atom. The Balaban J connectivity index is 0.000000186. The van der Waals surface area contributed by atoms with Gasteiger partial charge in [-0.2, -0.15) is 0 Å². The van der Waals surface area contributed by atoms with Gasteiger partial charge in [-0.15, -0.1) is 0 Å². The van der Waals surface area contributed by atoms with Crippen molar-refractivity contribution < 1.29 is 28.7 Å². The maximum atomic E-state index is 12.8. The Hall–Kier alpha value is -4.05. The van der Waals surface area contributed by atoms with E-state index in [0.717, 1.165) is 79.7 Å². The predicted octanol–water partition coefficient (Wildman–Crippen LogP) is 4.15. The molecule has 1 N–H and O–H groups in total. The Morgan fingerprint density at radius 3 is 1.56 bits per heavy atom. The summed E-state index contributed by atoms with van der Waals surface area (Å²) in [7, 11) is 0. The number of nitrogens with zero attached hydrogens (tertiary/aromatic N) is 3. The Kier molecular flexibility index (Phi) is 10.0. The van der Waals surface area contributed by atoms with Crippen LogP contribution in [0.2, 0.25) is 0 Å². The lowest BCUT2D eigenvalue weighted by Crippen LogP contribution is -2.51. The lowest BCUT2D eigenvalue weighted by atomic mass is 9.89. The molecule has 0 aromatic heterocycles. The smallest absolute Gasteiger partial charge is 0.410 e. The molecule has 10 heteroatoms. The molecule has 3 amide bonds. The van der Waals surface area contributed by atoms with Crippen molar-refractivity contribution >= 4 is 29.5 Å². The number of amides is 3. The summed E-state index contributed by atoms with van der Waals surface area (Å²) in [5, 5.41) is 3.24. The number of rotatable bonds is 2. The second-order valence-corrected chi connectivity index (χ2v) is 13.1. The monoisotopic (exact) mass is 616 g/mol. The lowest BCUT2D eigenvalue weighted by molar-refractivity contribution is 0.0140. The van der Waals surface area contributed by atoms with Crippen LogP contribution in [-0.4, -0.2) is 102 Å². The molecule has 0 spiro atoms. The molecular weight excluding hydrogens is 572 g/mol. The number of piperazine rings is 2. The largest absolute Gasteiger partial charge is 0.444 e. The number of hydrogen-bond donors (Lipinski definition) is 1. The summed E-state index contributed by atoms with van der Waals surface area (Å²) in [5.74, 6) is 0.413. The summed E-state index contributed by atoms with van der Waals surface area (Å²) in [4.78, 5) is 66.2. The van der Waals surface area contributed by atoms with Crippen molar-refractivity contribution in [3.8, 4) is 0 Å². The van der Waals surface area contributed by atoms with E-state index in [1.807, 2.05) is 43.9 Å². The van der Waals surface area contributed by atoms with Gasteiger partial charge in [0, 0.05) is 87.5 Å². The molecule has 4 aliphatic rings. The van der Waals surface area contributed by atoms with Gasteiger partial charge in [0.05, 0.1) is 0 Å². The highest BCUT2D eigenvalue weighted by Crippen LogP contribution is 2.24. The second kappa shape index (κ2) is 13.9. The van der Waals surface area contributed by atoms with E-state index in [1.165, 1.54) is 0 Å². The molecule has 6 rings (SSSR count). The van der Waals surface area contributed by atoms with Crippen LogP contribution in [-0.2, 0) is 17.6 Å². The molecule has 10 nitrogen and oxygen atoms in total. The molecule has 0 radical (unpaired) electrons. The van der Waals surface area contributed by atoms with Crippen LogP contribution in [0, 0.1) is 0 Å². The summed E-state index contributed by atoms with van der Waals surface area (Å²) in [5.41, 5.74) is 4.38. The molecule has 2 heterocycles. The number of ketones is 2. The minimum Gasteiger partial charge on any atom is -0.444 e. The molecule has 2 aromatic carbocycles. The molecule has 2 aliphatic carbocycles. The van der Waals surface area contributed by atoms with E-state index < -0.39 is 5.60 Å². The summed E-state index contributed by atoms with van der Waals surface area (Å²) < 4.78 is 5.38. The molecule has 0 unspecified atom stereocenters. The van der Waals surface area contributed by atoms with Crippen molar-refractivity contribution in [2.24, 2.45) is 0 Å². The van der Waals surface area contributed by atoms with E-state index in [2.05, 4.69) is 5.32 Å². The maximum absolute atomic E-state index is 12.8. The fourth-order valence-corrected chi connectivity index (χ4v) is 6.21. The summed E-state index contributed by atoms with van der Waals surface area (Å²) in [6.07, 6.45) is 4.38. The SMILES string of the molecule is CC(C)(C)OC(=O)N1CCN(C(=O)c2ccc3c(c2)CCCC3=O)CC1.O=C1CCCc2cc(C(=O)N3CCNCC3)ccc21. The molecule has 0 atom stereocenters. The van der Waals surface area contributed by atoms with Gasteiger partial charge < -0.3 is 24.8 Å². The number of benzene rings is 2. The normalized spacial score (nSPS) is 18.3. The molecule has 2 fully saturated rings. The number of Topliss-reactive ketones (excluding diaryl/α,β-unsaturated/α-hetero) is 2. The first kappa shape index (κ1) is 32.3. The van der Waals surface area contributed by atoms with Crippen molar-refractivity contribution in [3.05, 3.63) is 69.8 Å². The average molecular weight is 617 g/mol. The van der Waals surface area contributed by atoms with Gasteiger partial charge in [-0.05, 0) is 81.8 Å². The third-order valence-corrected chi connectivity index (χ3v) is 8.63. The molecule has 240 valence electrons. The molecule has 2 aromatic rings. The zero-order valence-corrected chi connectivity index (χ0v) is 26.7. The molecule has 45 heavy (non-hydrogen) atoms. The molecule has 2 aliphatic heterocycles. The quantitative estimate of drug-likeness (QED) is 0.539. The fourth-order valence-electron chi connectivity index (χ4n) is 6.21. The number of nitrogens with one attached hydrogen (secondary N) is 1. The highest BCUT2D eigenvalue weighted by atomic mass is 16.6. The molecular formula is C35H44N4O6. The fraction of sp³-hybridized carbons (Fsp3) is 0.514. The summed E-state index contributed by atoms with van der Waals surface area (Å²) in [6.45, 7) is 10.6. The zero-order valence-electron chi connectivity index (χ0n) is 26.7. The van der Waals surface area contributed by atoms with Crippen molar-refractivity contribution in [2.75, 3.05) is 52.4 Å². The van der Waals surface area contributed by atoms with E-state index in [1.54, 1.807) is 28.0 Å². The third kappa shape index (κ3) is 7.97. The number of hydrogen-bond acceptors (Lipinski definition) is 7. The standard InChI is InChI=1S/C20H26N2O4.C15H18N2O2/c1-20(2,3)26-19(25)22-11-9-21(10-12-22)18(24)15-7-8-16-14(13-15)5-4-6-17(16)23;18-14-3-1-2-11-10-12(4-5-13(11)14)15(19)17-8-6-16-7-9-17/h7-8,13H,4-6,9-12H2,1-3H3;4-5,10,16H,1-3,6-9H2. The summed E-state index contributed by atoms with van der Waals surface area (Å²) >= 11 is 0. The number of fused-ring (bicyclic) bond motifs is 2. The van der Waals surface area contributed by atoms with E-state index >= 15 is 0 Å². The first-order valence-corrected chi connectivity index (χ1v) is 16.1. The summed E-state index contributed by atoms with van der Waals surface area (Å²) in [6, 6.07) is 10.9. The lowest BCUT2D eigenvalue weighted by Gasteiger charge is -2.35. The topological polar surface area (TPSA) is 116 Å². The van der Waals surface area contributed by atoms with E-state index in [0.29, 0.717) is 44.6 Å². The van der Waals surface area contributed by atoms with Crippen LogP contribution < -0.4 is 5.32 Å². The number of carbonyl (C=O) groups excluding carboxylic acids is 5. The van der Waals surface area contributed by atoms with Crippen LogP contribution in [0.15, 0.2) is 36.4 Å². The van der Waals surface area contributed by atoms with Crippen molar-refractivity contribution in [1.82, 2.24) is 20.0 Å². The van der Waals surface area contributed by atoms with Crippen LogP contribution >= 0.6 is 0 Å². The third-order valence-electron chi connectivity index (χ3n) is 8.63. The van der Waals surface area contributed by atoms with Crippen LogP contribution in [0.3, 0.4) is 0 Å². The number of carbonyl (C=O) groups is 5. The van der Waals surface area contributed by atoms with Gasteiger partial charge in [0.15, 0.2) is 11.6 Å². The molecule has 0 bridgehead atoms. The highest BCUT2D eigenvalue weighted by Gasteiger charge is 2.29. The van der Waals surface area contributed by atoms with E-state index in [-0.39, 0.29) is 29.5 Å². The Morgan fingerprint density at radius 2 is 1.09 bits per heavy atom. The second-order valence-electron chi connectivity index (χ2n) is 13.1. The van der Waals surface area contributed by atoms with Crippen LogP contribution in [0.4, 0.5) is 4.79 Å². The Labute approximate surface area is 265 Å². The molecule has 2 saturated heterocycles. The average Bonchev–Trinajstić information content (AvgIpc) is 3.04. The minimum absolute atomic E-state index is 0.0466. The predicted molar refractivity (Wildman–Crippen MR) is 170 cm³/mol. The van der Waals surface area contributed by atoms with Crippen molar-refractivity contribution in [2.45, 2.75) is 64.9 Å². The van der Waals surface area contributed by atoms with Gasteiger partial charge in [-0.1, -0.05) is 12.1 Å². The molecule has 0 saturated carbocycles. The van der Waals surface area contributed by atoms with Gasteiger partial charge >= 0.3 is 6.09 Å². The first-order valence-electron chi connectivity index (χ1n) is 16.1. The van der Waals surface area contributed by atoms with Gasteiger partial charge in [0.2, 0.25) is 0 Å². The van der Waals surface area contributed by atoms with Crippen LogP contribution in [0.1, 0.15) is 99.0 Å². The van der Waals surface area contributed by atoms with Gasteiger partial charge in [-0.25, -0.2) is 4.79 Å². The minimum atomic E-state index is -0.523. The van der Waals surface area contributed by atoms with Gasteiger partial charge in [-0.3, -0.25) is 19.2 Å².